The second-order valence-electron chi connectivity index (χ2n) is 4.52. The van der Waals surface area contributed by atoms with Crippen molar-refractivity contribution in [1.29, 1.82) is 0 Å². The molecule has 0 aliphatic carbocycles. The Hall–Kier alpha value is -0.390. The molecule has 0 aromatic rings. The van der Waals surface area contributed by atoms with E-state index in [4.69, 9.17) is 0 Å². The fraction of sp³-hybridized carbons (Fsp3) is 0.818. The molecule has 2 N–H and O–H groups in total. The lowest BCUT2D eigenvalue weighted by atomic mass is 10.0. The van der Waals surface area contributed by atoms with Crippen LogP contribution >= 0.6 is 0 Å². The second-order valence-corrected chi connectivity index (χ2v) is 6.32. The van der Waals surface area contributed by atoms with E-state index in [2.05, 4.69) is 16.6 Å². The minimum atomic E-state index is -3.13. The molecule has 0 amide bonds. The Bertz CT molecular complexity index is 308. The number of piperidine rings is 1. The van der Waals surface area contributed by atoms with Crippen molar-refractivity contribution in [2.24, 2.45) is 5.92 Å². The highest BCUT2D eigenvalue weighted by Crippen LogP contribution is 2.13. The molecule has 0 spiro atoms. The van der Waals surface area contributed by atoms with E-state index in [0.717, 1.165) is 25.9 Å². The molecule has 1 saturated heterocycles. The molecule has 1 atom stereocenters. The van der Waals surface area contributed by atoms with E-state index >= 15 is 0 Å². The number of nitrogens with one attached hydrogen (secondary N) is 2. The largest absolute Gasteiger partial charge is 0.317 e. The summed E-state index contributed by atoms with van der Waals surface area (Å²) in [6.45, 7) is 7.33. The maximum absolute atomic E-state index is 11.8. The third-order valence-electron chi connectivity index (χ3n) is 2.81. The summed E-state index contributed by atoms with van der Waals surface area (Å²) in [5.41, 5.74) is 0. The predicted molar refractivity (Wildman–Crippen MR) is 66.8 cm³/mol. The summed E-state index contributed by atoms with van der Waals surface area (Å²) >= 11 is 0. The van der Waals surface area contributed by atoms with Crippen LogP contribution in [-0.4, -0.2) is 33.3 Å². The van der Waals surface area contributed by atoms with Crippen molar-refractivity contribution in [3.63, 3.8) is 0 Å². The number of rotatable bonds is 6. The lowest BCUT2D eigenvalue weighted by molar-refractivity contribution is 0.399. The van der Waals surface area contributed by atoms with E-state index < -0.39 is 10.0 Å². The molecule has 0 aromatic carbocycles. The van der Waals surface area contributed by atoms with Gasteiger partial charge < -0.3 is 5.32 Å². The van der Waals surface area contributed by atoms with Gasteiger partial charge >= 0.3 is 0 Å². The fourth-order valence-electron chi connectivity index (χ4n) is 2.01. The average molecular weight is 246 g/mol. The molecule has 1 rings (SSSR count). The van der Waals surface area contributed by atoms with Crippen LogP contribution in [0.25, 0.3) is 0 Å². The molecule has 1 heterocycles. The molecule has 0 saturated carbocycles. The molecule has 1 aliphatic heterocycles. The van der Waals surface area contributed by atoms with E-state index in [0.29, 0.717) is 12.3 Å². The van der Waals surface area contributed by atoms with Gasteiger partial charge in [0.2, 0.25) is 10.0 Å². The molecule has 16 heavy (non-hydrogen) atoms. The zero-order valence-electron chi connectivity index (χ0n) is 9.91. The smallest absolute Gasteiger partial charge is 0.212 e. The maximum atomic E-state index is 11.8. The van der Waals surface area contributed by atoms with Crippen LogP contribution < -0.4 is 10.0 Å². The summed E-state index contributed by atoms with van der Waals surface area (Å²) in [4.78, 5) is 0. The van der Waals surface area contributed by atoms with Gasteiger partial charge in [-0.25, -0.2) is 13.1 Å². The van der Waals surface area contributed by atoms with E-state index in [9.17, 15) is 8.42 Å². The van der Waals surface area contributed by atoms with Crippen LogP contribution in [0.3, 0.4) is 0 Å². The Morgan fingerprint density at radius 2 is 2.12 bits per heavy atom. The second kappa shape index (κ2) is 6.37. The summed E-state index contributed by atoms with van der Waals surface area (Å²) in [5, 5.41) is 3.23. The highest BCUT2D eigenvalue weighted by Gasteiger charge is 2.22. The van der Waals surface area contributed by atoms with Gasteiger partial charge in [0, 0.05) is 6.04 Å². The zero-order chi connectivity index (χ0) is 12.0. The minimum Gasteiger partial charge on any atom is -0.317 e. The van der Waals surface area contributed by atoms with Crippen molar-refractivity contribution in [1.82, 2.24) is 10.0 Å². The van der Waals surface area contributed by atoms with Crippen LogP contribution in [0.5, 0.6) is 0 Å². The van der Waals surface area contributed by atoms with Gasteiger partial charge in [0.1, 0.15) is 0 Å². The average Bonchev–Trinajstić information content (AvgIpc) is 2.17. The van der Waals surface area contributed by atoms with Crippen LogP contribution in [0, 0.1) is 5.92 Å². The van der Waals surface area contributed by atoms with Crippen molar-refractivity contribution in [2.75, 3.05) is 18.8 Å². The fourth-order valence-corrected chi connectivity index (χ4v) is 3.77. The van der Waals surface area contributed by atoms with Crippen molar-refractivity contribution in [3.8, 4) is 0 Å². The van der Waals surface area contributed by atoms with Gasteiger partial charge in [0.25, 0.3) is 0 Å². The first-order valence-corrected chi connectivity index (χ1v) is 7.50. The van der Waals surface area contributed by atoms with Crippen LogP contribution in [0.2, 0.25) is 0 Å². The van der Waals surface area contributed by atoms with E-state index in [1.54, 1.807) is 6.08 Å². The molecule has 4 nitrogen and oxygen atoms in total. The predicted octanol–water partition coefficient (Wildman–Crippen LogP) is 0.870. The van der Waals surface area contributed by atoms with Gasteiger partial charge in [-0.15, -0.1) is 6.58 Å². The zero-order valence-corrected chi connectivity index (χ0v) is 10.7. The molecular formula is C11H22N2O2S. The van der Waals surface area contributed by atoms with Crippen LogP contribution in [0.4, 0.5) is 0 Å². The Kier molecular flexibility index (Phi) is 5.44. The lowest BCUT2D eigenvalue weighted by Gasteiger charge is -2.23. The van der Waals surface area contributed by atoms with Gasteiger partial charge in [-0.2, -0.15) is 0 Å². The molecule has 0 aromatic heterocycles. The third-order valence-corrected chi connectivity index (χ3v) is 4.49. The maximum Gasteiger partial charge on any atom is 0.212 e. The molecule has 1 fully saturated rings. The Balaban J connectivity index is 2.40. The van der Waals surface area contributed by atoms with Gasteiger partial charge in [0.05, 0.1) is 5.75 Å². The van der Waals surface area contributed by atoms with Gasteiger partial charge in [-0.1, -0.05) is 6.08 Å². The first-order valence-electron chi connectivity index (χ1n) is 5.85. The summed E-state index contributed by atoms with van der Waals surface area (Å²) in [6.07, 6.45) is 4.32. The summed E-state index contributed by atoms with van der Waals surface area (Å²) in [5.74, 6) is 0.561. The van der Waals surface area contributed by atoms with Crippen LogP contribution in [0.15, 0.2) is 12.7 Å². The molecule has 0 radical (unpaired) electrons. The molecule has 1 aliphatic rings. The normalized spacial score (nSPS) is 20.6. The van der Waals surface area contributed by atoms with Crippen LogP contribution in [-0.2, 0) is 10.0 Å². The van der Waals surface area contributed by atoms with E-state index in [-0.39, 0.29) is 11.8 Å². The third kappa shape index (κ3) is 5.09. The highest BCUT2D eigenvalue weighted by molar-refractivity contribution is 7.89. The molecule has 5 heteroatoms. The number of sulfonamides is 1. The lowest BCUT2D eigenvalue weighted by Crippen LogP contribution is -2.38. The van der Waals surface area contributed by atoms with E-state index in [1.165, 1.54) is 0 Å². The summed E-state index contributed by atoms with van der Waals surface area (Å²) < 4.78 is 26.3. The molecule has 94 valence electrons. The molecule has 0 bridgehead atoms. The standard InChI is InChI=1S/C11H22N2O2S/c1-3-4-10(2)13-16(14,15)9-11-5-7-12-8-6-11/h3,10-13H,1,4-9H2,2H3. The van der Waals surface area contributed by atoms with Gasteiger partial charge in [-0.05, 0) is 45.2 Å². The SMILES string of the molecule is C=CCC(C)NS(=O)(=O)CC1CCNCC1. The summed E-state index contributed by atoms with van der Waals surface area (Å²) in [6, 6.07) is -0.0517. The Labute approximate surface area is 98.6 Å². The van der Waals surface area contributed by atoms with Crippen molar-refractivity contribution in [2.45, 2.75) is 32.2 Å². The monoisotopic (exact) mass is 246 g/mol. The Morgan fingerprint density at radius 1 is 1.50 bits per heavy atom. The van der Waals surface area contributed by atoms with Crippen molar-refractivity contribution in [3.05, 3.63) is 12.7 Å². The first kappa shape index (κ1) is 13.7. The van der Waals surface area contributed by atoms with Crippen LogP contribution in [0.1, 0.15) is 26.2 Å². The van der Waals surface area contributed by atoms with Gasteiger partial charge in [-0.3, -0.25) is 0 Å². The van der Waals surface area contributed by atoms with Gasteiger partial charge in [0.15, 0.2) is 0 Å². The molecular weight excluding hydrogens is 224 g/mol. The topological polar surface area (TPSA) is 58.2 Å². The Morgan fingerprint density at radius 3 is 2.69 bits per heavy atom. The quantitative estimate of drug-likeness (QED) is 0.684. The van der Waals surface area contributed by atoms with Crippen molar-refractivity contribution < 1.29 is 8.42 Å². The summed E-state index contributed by atoms with van der Waals surface area (Å²) in [7, 11) is -3.13. The van der Waals surface area contributed by atoms with E-state index in [1.807, 2.05) is 6.92 Å². The van der Waals surface area contributed by atoms with Crippen molar-refractivity contribution >= 4 is 10.0 Å². The minimum absolute atomic E-state index is 0.0517. The number of hydrogen-bond acceptors (Lipinski definition) is 3. The first-order chi connectivity index (χ1) is 7.53. The molecule has 1 unspecified atom stereocenters. The highest BCUT2D eigenvalue weighted by atomic mass is 32.2. The number of hydrogen-bond donors (Lipinski definition) is 2.